The van der Waals surface area contributed by atoms with Gasteiger partial charge in [-0.3, -0.25) is 4.90 Å². The number of hydrogen-bond acceptors (Lipinski definition) is 3. The van der Waals surface area contributed by atoms with E-state index < -0.39 is 5.60 Å². The number of halogens is 1. The quantitative estimate of drug-likeness (QED) is 0.719. The number of aliphatic hydroxyl groups is 1. The minimum Gasteiger partial charge on any atom is -0.497 e. The fourth-order valence-corrected chi connectivity index (χ4v) is 4.10. The largest absolute Gasteiger partial charge is 0.497 e. The number of nitrogens with zero attached hydrogens (tertiary/aromatic N) is 1. The van der Waals surface area contributed by atoms with Crippen molar-refractivity contribution in [2.45, 2.75) is 25.0 Å². The molecule has 0 spiro atoms. The molecule has 0 aliphatic carbocycles. The highest BCUT2D eigenvalue weighted by molar-refractivity contribution is 6.31. The van der Waals surface area contributed by atoms with Crippen molar-refractivity contribution in [2.75, 3.05) is 20.2 Å². The van der Waals surface area contributed by atoms with Gasteiger partial charge in [-0.25, -0.2) is 0 Å². The van der Waals surface area contributed by atoms with Gasteiger partial charge in [-0.2, -0.15) is 0 Å². The molecule has 0 amide bonds. The molecule has 3 aromatic rings. The molecule has 1 unspecified atom stereocenters. The first-order valence-electron chi connectivity index (χ1n) is 8.92. The fourth-order valence-electron chi connectivity index (χ4n) is 3.93. The minimum absolute atomic E-state index is 0.605. The lowest BCUT2D eigenvalue weighted by Gasteiger charge is -2.39. The molecule has 1 aliphatic rings. The number of H-pyrrole nitrogens is 1. The van der Waals surface area contributed by atoms with E-state index in [0.29, 0.717) is 6.54 Å². The van der Waals surface area contributed by atoms with Gasteiger partial charge in [-0.1, -0.05) is 23.7 Å². The van der Waals surface area contributed by atoms with Gasteiger partial charge in [0.25, 0.3) is 0 Å². The number of benzene rings is 2. The summed E-state index contributed by atoms with van der Waals surface area (Å²) in [6.45, 7) is 2.36. The van der Waals surface area contributed by atoms with Crippen LogP contribution in [0, 0.1) is 0 Å². The number of nitrogens with one attached hydrogen (secondary N) is 1. The molecule has 1 aliphatic heterocycles. The Morgan fingerprint density at radius 3 is 3.00 bits per heavy atom. The van der Waals surface area contributed by atoms with Crippen LogP contribution in [0.25, 0.3) is 10.9 Å². The standard InChI is InChI=1S/C21H23ClN2O2/c1-26-18-5-2-4-16(10-18)21(25)8-3-9-24(14-21)13-15-12-23-20-7-6-17(22)11-19(15)20/h2,4-7,10-12,23,25H,3,8-9,13-14H2,1H3. The van der Waals surface area contributed by atoms with Crippen LogP contribution >= 0.6 is 11.6 Å². The number of likely N-dealkylation sites (tertiary alicyclic amines) is 1. The predicted octanol–water partition coefficient (Wildman–Crippen LogP) is 4.31. The zero-order valence-electron chi connectivity index (χ0n) is 14.8. The number of rotatable bonds is 4. The lowest BCUT2D eigenvalue weighted by atomic mass is 9.85. The average Bonchev–Trinajstić information content (AvgIpc) is 3.04. The second-order valence-electron chi connectivity index (χ2n) is 7.08. The molecule has 4 nitrogen and oxygen atoms in total. The molecule has 1 saturated heterocycles. The SMILES string of the molecule is COc1cccc(C2(O)CCCN(Cc3c[nH]c4ccc(Cl)cc34)C2)c1. The van der Waals surface area contributed by atoms with Gasteiger partial charge < -0.3 is 14.8 Å². The Hall–Kier alpha value is -2.01. The number of methoxy groups -OCH3 is 1. The first-order valence-corrected chi connectivity index (χ1v) is 9.30. The minimum atomic E-state index is -0.851. The van der Waals surface area contributed by atoms with Crippen molar-refractivity contribution in [3.8, 4) is 5.75 Å². The fraction of sp³-hybridized carbons (Fsp3) is 0.333. The molecule has 26 heavy (non-hydrogen) atoms. The van der Waals surface area contributed by atoms with E-state index in [1.165, 1.54) is 5.56 Å². The number of aromatic nitrogens is 1. The van der Waals surface area contributed by atoms with Crippen LogP contribution in [0.4, 0.5) is 0 Å². The second-order valence-corrected chi connectivity index (χ2v) is 7.52. The maximum absolute atomic E-state index is 11.3. The highest BCUT2D eigenvalue weighted by Gasteiger charge is 2.35. The van der Waals surface area contributed by atoms with Crippen LogP contribution in [0.3, 0.4) is 0 Å². The summed E-state index contributed by atoms with van der Waals surface area (Å²) in [7, 11) is 1.65. The van der Waals surface area contributed by atoms with Crippen molar-refractivity contribution in [3.63, 3.8) is 0 Å². The van der Waals surface area contributed by atoms with Gasteiger partial charge in [0, 0.05) is 35.2 Å². The third-order valence-electron chi connectivity index (χ3n) is 5.28. The lowest BCUT2D eigenvalue weighted by molar-refractivity contribution is -0.0381. The zero-order chi connectivity index (χ0) is 18.1. The number of hydrogen-bond donors (Lipinski definition) is 2. The Morgan fingerprint density at radius 2 is 2.15 bits per heavy atom. The van der Waals surface area contributed by atoms with Gasteiger partial charge in [-0.15, -0.1) is 0 Å². The molecule has 0 saturated carbocycles. The maximum atomic E-state index is 11.3. The summed E-state index contributed by atoms with van der Waals surface area (Å²) in [6, 6.07) is 13.7. The van der Waals surface area contributed by atoms with Crippen LogP contribution in [-0.4, -0.2) is 35.2 Å². The number of β-amino-alcohol motifs (C(OH)–C–C–N with tert-alkyl or cyclic N) is 1. The van der Waals surface area contributed by atoms with E-state index in [1.54, 1.807) is 7.11 Å². The molecule has 1 fully saturated rings. The molecule has 2 aromatic carbocycles. The van der Waals surface area contributed by atoms with Crippen molar-refractivity contribution in [1.82, 2.24) is 9.88 Å². The van der Waals surface area contributed by atoms with Crippen LogP contribution < -0.4 is 4.74 Å². The van der Waals surface area contributed by atoms with Crippen molar-refractivity contribution in [3.05, 3.63) is 64.8 Å². The van der Waals surface area contributed by atoms with Gasteiger partial charge in [-0.05, 0) is 60.8 Å². The van der Waals surface area contributed by atoms with Crippen molar-refractivity contribution in [1.29, 1.82) is 0 Å². The van der Waals surface area contributed by atoms with Crippen molar-refractivity contribution < 1.29 is 9.84 Å². The number of fused-ring (bicyclic) bond motifs is 1. The smallest absolute Gasteiger partial charge is 0.119 e. The van der Waals surface area contributed by atoms with Gasteiger partial charge in [0.05, 0.1) is 7.11 Å². The summed E-state index contributed by atoms with van der Waals surface area (Å²) in [5, 5.41) is 13.2. The summed E-state index contributed by atoms with van der Waals surface area (Å²) in [4.78, 5) is 5.62. The van der Waals surface area contributed by atoms with Crippen LogP contribution in [0.1, 0.15) is 24.0 Å². The summed E-state index contributed by atoms with van der Waals surface area (Å²) in [5.41, 5.74) is 2.36. The van der Waals surface area contributed by atoms with Crippen LogP contribution in [0.2, 0.25) is 5.02 Å². The Morgan fingerprint density at radius 1 is 1.27 bits per heavy atom. The number of piperidine rings is 1. The highest BCUT2D eigenvalue weighted by Crippen LogP contribution is 2.34. The monoisotopic (exact) mass is 370 g/mol. The normalized spacial score (nSPS) is 21.2. The molecule has 1 aromatic heterocycles. The molecular formula is C21H23ClN2O2. The molecule has 5 heteroatoms. The van der Waals surface area contributed by atoms with Crippen molar-refractivity contribution >= 4 is 22.5 Å². The van der Waals surface area contributed by atoms with E-state index in [4.69, 9.17) is 16.3 Å². The molecule has 0 radical (unpaired) electrons. The summed E-state index contributed by atoms with van der Waals surface area (Å²) >= 11 is 6.16. The first kappa shape index (κ1) is 17.4. The molecule has 136 valence electrons. The Balaban J connectivity index is 1.57. The molecule has 0 bridgehead atoms. The van der Waals surface area contributed by atoms with Crippen LogP contribution in [-0.2, 0) is 12.1 Å². The van der Waals surface area contributed by atoms with E-state index in [2.05, 4.69) is 9.88 Å². The van der Waals surface area contributed by atoms with Gasteiger partial charge in [0.15, 0.2) is 0 Å². The summed E-state index contributed by atoms with van der Waals surface area (Å²) in [6.07, 6.45) is 3.76. The van der Waals surface area contributed by atoms with E-state index in [1.807, 2.05) is 48.7 Å². The Labute approximate surface area is 158 Å². The third-order valence-corrected chi connectivity index (χ3v) is 5.52. The first-order chi connectivity index (χ1) is 12.6. The summed E-state index contributed by atoms with van der Waals surface area (Å²) < 4.78 is 5.32. The van der Waals surface area contributed by atoms with E-state index in [-0.39, 0.29) is 0 Å². The molecule has 2 N–H and O–H groups in total. The van der Waals surface area contributed by atoms with Gasteiger partial charge >= 0.3 is 0 Å². The van der Waals surface area contributed by atoms with Crippen LogP contribution in [0.5, 0.6) is 5.75 Å². The lowest BCUT2D eigenvalue weighted by Crippen LogP contribution is -2.45. The molecule has 4 rings (SSSR count). The third kappa shape index (κ3) is 3.32. The number of aromatic amines is 1. The molecule has 1 atom stereocenters. The second kappa shape index (κ2) is 6.95. The van der Waals surface area contributed by atoms with E-state index in [9.17, 15) is 5.11 Å². The van der Waals surface area contributed by atoms with Gasteiger partial charge in [0.1, 0.15) is 11.4 Å². The predicted molar refractivity (Wildman–Crippen MR) is 105 cm³/mol. The van der Waals surface area contributed by atoms with Crippen molar-refractivity contribution in [2.24, 2.45) is 0 Å². The highest BCUT2D eigenvalue weighted by atomic mass is 35.5. The number of ether oxygens (including phenoxy) is 1. The Kier molecular flexibility index (Phi) is 4.65. The summed E-state index contributed by atoms with van der Waals surface area (Å²) in [5.74, 6) is 0.777. The Bertz CT molecular complexity index is 923. The van der Waals surface area contributed by atoms with Crippen LogP contribution in [0.15, 0.2) is 48.7 Å². The van der Waals surface area contributed by atoms with E-state index >= 15 is 0 Å². The maximum Gasteiger partial charge on any atom is 0.119 e. The topological polar surface area (TPSA) is 48.5 Å². The van der Waals surface area contributed by atoms with E-state index in [0.717, 1.165) is 53.2 Å². The zero-order valence-corrected chi connectivity index (χ0v) is 15.6. The van der Waals surface area contributed by atoms with Gasteiger partial charge in [0.2, 0.25) is 0 Å². The molecule has 2 heterocycles. The average molecular weight is 371 g/mol. The molecular weight excluding hydrogens is 348 g/mol.